The molecule has 13 heteroatoms. The Balaban J connectivity index is 1.31. The molecule has 10 nitrogen and oxygen atoms in total. The molecule has 2 saturated carbocycles. The summed E-state index contributed by atoms with van der Waals surface area (Å²) in [5.41, 5.74) is 1.85. The first kappa shape index (κ1) is 26.8. The van der Waals surface area contributed by atoms with Gasteiger partial charge in [0.05, 0.1) is 25.4 Å². The zero-order chi connectivity index (χ0) is 27.3. The highest BCUT2D eigenvalue weighted by molar-refractivity contribution is 7.99. The number of fused-ring (bicyclic) bond motifs is 2. The van der Waals surface area contributed by atoms with Crippen molar-refractivity contribution in [1.29, 1.82) is 0 Å². The topological polar surface area (TPSA) is 116 Å². The van der Waals surface area contributed by atoms with Gasteiger partial charge in [-0.3, -0.25) is 0 Å². The molecule has 0 radical (unpaired) electrons. The summed E-state index contributed by atoms with van der Waals surface area (Å²) in [4.78, 5) is 9.57. The van der Waals surface area contributed by atoms with E-state index >= 15 is 0 Å². The van der Waals surface area contributed by atoms with Crippen molar-refractivity contribution < 1.29 is 28.1 Å². The summed E-state index contributed by atoms with van der Waals surface area (Å²) < 4.78 is 47.4. The van der Waals surface area contributed by atoms with E-state index in [9.17, 15) is 13.9 Å². The summed E-state index contributed by atoms with van der Waals surface area (Å²) in [6, 6.07) is 3.80. The van der Waals surface area contributed by atoms with Crippen LogP contribution in [0.2, 0.25) is 0 Å². The average molecular weight is 563 g/mol. The number of aliphatic hydroxyl groups excluding tert-OH is 1. The number of ether oxygens (including phenoxy) is 3. The maximum Gasteiger partial charge on any atom is 0.191 e. The predicted octanol–water partition coefficient (Wildman–Crippen LogP) is 3.81. The van der Waals surface area contributed by atoms with Crippen LogP contribution in [0.5, 0.6) is 0 Å². The molecule has 3 heterocycles. The Bertz CT molecular complexity index is 1360. The van der Waals surface area contributed by atoms with Crippen LogP contribution in [0.4, 0.5) is 14.6 Å². The van der Waals surface area contributed by atoms with Crippen molar-refractivity contribution in [2.24, 2.45) is 0 Å². The van der Waals surface area contributed by atoms with Gasteiger partial charge in [0.2, 0.25) is 0 Å². The lowest BCUT2D eigenvalue weighted by Crippen LogP contribution is -2.31. The van der Waals surface area contributed by atoms with Crippen LogP contribution in [0.25, 0.3) is 11.2 Å². The molecule has 39 heavy (non-hydrogen) atoms. The molecule has 3 fully saturated rings. The summed E-state index contributed by atoms with van der Waals surface area (Å²) in [6.45, 7) is 5.96. The van der Waals surface area contributed by atoms with Gasteiger partial charge in [-0.2, -0.15) is 0 Å². The van der Waals surface area contributed by atoms with Gasteiger partial charge in [0.15, 0.2) is 39.6 Å². The Morgan fingerprint density at radius 1 is 1.18 bits per heavy atom. The molecule has 210 valence electrons. The van der Waals surface area contributed by atoms with Crippen LogP contribution in [0.1, 0.15) is 57.6 Å². The third-order valence-corrected chi connectivity index (χ3v) is 8.40. The Labute approximate surface area is 228 Å². The molecule has 0 bridgehead atoms. The van der Waals surface area contributed by atoms with Crippen molar-refractivity contribution >= 4 is 28.7 Å². The molecular formula is C26H32F2N6O4S. The fourth-order valence-electron chi connectivity index (χ4n) is 5.55. The molecular weight excluding hydrogens is 530 g/mol. The van der Waals surface area contributed by atoms with E-state index in [1.165, 1.54) is 6.07 Å². The van der Waals surface area contributed by atoms with Crippen LogP contribution < -0.4 is 5.32 Å². The van der Waals surface area contributed by atoms with E-state index < -0.39 is 17.4 Å². The summed E-state index contributed by atoms with van der Waals surface area (Å²) >= 11 is 1.55. The molecule has 6 rings (SSSR count). The summed E-state index contributed by atoms with van der Waals surface area (Å²) in [6.07, 6.45) is 1.38. The zero-order valence-corrected chi connectivity index (χ0v) is 22.8. The van der Waals surface area contributed by atoms with Gasteiger partial charge >= 0.3 is 0 Å². The van der Waals surface area contributed by atoms with Crippen LogP contribution in [0.15, 0.2) is 23.4 Å². The second-order valence-electron chi connectivity index (χ2n) is 10.7. The van der Waals surface area contributed by atoms with Gasteiger partial charge in [0.25, 0.3) is 0 Å². The second kappa shape index (κ2) is 10.5. The average Bonchev–Trinajstić information content (AvgIpc) is 3.24. The Kier molecular flexibility index (Phi) is 7.21. The second-order valence-corrected chi connectivity index (χ2v) is 11.7. The number of halogens is 2. The minimum Gasteiger partial charge on any atom is -0.394 e. The maximum atomic E-state index is 13.8. The number of aliphatic hydroxyl groups is 1. The zero-order valence-electron chi connectivity index (χ0n) is 22.0. The number of nitrogens with zero attached hydrogens (tertiary/aromatic N) is 5. The lowest BCUT2D eigenvalue weighted by atomic mass is 10.1. The fraction of sp³-hybridized carbons (Fsp3) is 0.615. The quantitative estimate of drug-likeness (QED) is 0.279. The summed E-state index contributed by atoms with van der Waals surface area (Å²) in [5, 5.41) is 22.3. The van der Waals surface area contributed by atoms with Crippen molar-refractivity contribution in [3.63, 3.8) is 0 Å². The van der Waals surface area contributed by atoms with E-state index in [4.69, 9.17) is 24.2 Å². The van der Waals surface area contributed by atoms with Crippen molar-refractivity contribution in [3.05, 3.63) is 35.4 Å². The predicted molar refractivity (Wildman–Crippen MR) is 140 cm³/mol. The molecule has 2 aromatic heterocycles. The molecule has 0 spiro atoms. The molecule has 3 aromatic rings. The van der Waals surface area contributed by atoms with E-state index in [0.29, 0.717) is 28.6 Å². The monoisotopic (exact) mass is 562 g/mol. The van der Waals surface area contributed by atoms with Gasteiger partial charge in [0.1, 0.15) is 12.2 Å². The lowest BCUT2D eigenvalue weighted by Gasteiger charge is -2.23. The van der Waals surface area contributed by atoms with Gasteiger partial charge in [-0.15, -0.1) is 5.10 Å². The van der Waals surface area contributed by atoms with E-state index in [1.54, 1.807) is 22.5 Å². The van der Waals surface area contributed by atoms with Crippen molar-refractivity contribution in [2.75, 3.05) is 24.3 Å². The molecule has 1 aromatic carbocycles. The first-order chi connectivity index (χ1) is 18.8. The number of hydrogen-bond donors (Lipinski definition) is 2. The minimum absolute atomic E-state index is 0.00150. The van der Waals surface area contributed by atoms with Gasteiger partial charge in [-0.1, -0.05) is 30.0 Å². The van der Waals surface area contributed by atoms with Crippen LogP contribution in [-0.2, 0) is 14.2 Å². The highest BCUT2D eigenvalue weighted by atomic mass is 32.2. The number of benzene rings is 1. The fourth-order valence-corrected chi connectivity index (χ4v) is 6.24. The molecule has 2 N–H and O–H groups in total. The number of aromatic nitrogens is 5. The van der Waals surface area contributed by atoms with Crippen molar-refractivity contribution in [2.45, 2.75) is 87.3 Å². The number of anilines is 1. The normalized spacial score (nSPS) is 29.2. The molecule has 2 aliphatic carbocycles. The van der Waals surface area contributed by atoms with Crippen LogP contribution in [0, 0.1) is 11.6 Å². The SMILES string of the molecule is CCCSc1nc(N[C@@H]2C[C@H]2c2ccc(F)c(F)c2)c2nnn([C@@H]3C[C@H](OCCO)[C@@H]4OC(C)(C)O[C@@H]43)c2n1. The lowest BCUT2D eigenvalue weighted by molar-refractivity contribution is -0.171. The molecule has 0 unspecified atom stereocenters. The van der Waals surface area contributed by atoms with E-state index in [0.717, 1.165) is 30.2 Å². The standard InChI is InChI=1S/C26H32F2N6O4S/c1-4-9-39-25-30-23(29-17-11-14(17)13-5-6-15(27)16(28)10-13)20-24(31-25)34(33-32-20)18-12-19(36-8-7-35)22-21(18)37-26(2,3)38-22/h5-6,10,14,17-19,21-22,35H,4,7-9,11-12H2,1-3H3,(H,29,30,31)/t14-,17+,18+,19-,21+,22-/m0/s1. The third-order valence-electron chi connectivity index (χ3n) is 7.34. The van der Waals surface area contributed by atoms with Crippen molar-refractivity contribution in [3.8, 4) is 0 Å². The number of thioether (sulfide) groups is 1. The molecule has 3 aliphatic rings. The van der Waals surface area contributed by atoms with Gasteiger partial charge in [0, 0.05) is 24.1 Å². The highest BCUT2D eigenvalue weighted by Crippen LogP contribution is 2.46. The maximum absolute atomic E-state index is 13.8. The smallest absolute Gasteiger partial charge is 0.191 e. The third kappa shape index (κ3) is 5.22. The van der Waals surface area contributed by atoms with Gasteiger partial charge in [-0.25, -0.2) is 23.4 Å². The van der Waals surface area contributed by atoms with Gasteiger partial charge < -0.3 is 24.6 Å². The Morgan fingerprint density at radius 2 is 2.00 bits per heavy atom. The van der Waals surface area contributed by atoms with Crippen LogP contribution in [-0.4, -0.2) is 79.2 Å². The Morgan fingerprint density at radius 3 is 2.77 bits per heavy atom. The Hall–Kier alpha value is -2.45. The van der Waals surface area contributed by atoms with E-state index in [2.05, 4.69) is 22.6 Å². The summed E-state index contributed by atoms with van der Waals surface area (Å²) in [5.74, 6) is -1.03. The first-order valence-corrected chi connectivity index (χ1v) is 14.3. The summed E-state index contributed by atoms with van der Waals surface area (Å²) in [7, 11) is 0. The van der Waals surface area contributed by atoms with Crippen molar-refractivity contribution in [1.82, 2.24) is 25.0 Å². The molecule has 6 atom stereocenters. The largest absolute Gasteiger partial charge is 0.394 e. The van der Waals surface area contributed by atoms with E-state index in [1.807, 2.05) is 13.8 Å². The molecule has 1 saturated heterocycles. The van der Waals surface area contributed by atoms with Crippen LogP contribution in [0.3, 0.4) is 0 Å². The molecule has 0 amide bonds. The number of hydrogen-bond acceptors (Lipinski definition) is 10. The highest BCUT2D eigenvalue weighted by Gasteiger charge is 2.56. The van der Waals surface area contributed by atoms with E-state index in [-0.39, 0.29) is 49.5 Å². The van der Waals surface area contributed by atoms with Crippen LogP contribution >= 0.6 is 11.8 Å². The minimum atomic E-state index is -0.853. The van der Waals surface area contributed by atoms with Gasteiger partial charge in [-0.05, 0) is 44.4 Å². The molecule has 1 aliphatic heterocycles. The first-order valence-electron chi connectivity index (χ1n) is 13.3. The number of nitrogens with one attached hydrogen (secondary N) is 1. The number of rotatable bonds is 10.